The third-order valence-corrected chi connectivity index (χ3v) is 3.68. The molecule has 110 valence electrons. The smallest absolute Gasteiger partial charge is 0.119 e. The molecule has 1 aromatic carbocycles. The van der Waals surface area contributed by atoms with Gasteiger partial charge in [0, 0.05) is 38.4 Å². The number of nitrogens with zero attached hydrogens (tertiary/aromatic N) is 2. The second-order valence-electron chi connectivity index (χ2n) is 5.11. The molecule has 3 nitrogen and oxygen atoms in total. The van der Waals surface area contributed by atoms with Crippen LogP contribution in [0.5, 0.6) is 5.75 Å². The first-order chi connectivity index (χ1) is 9.69. The van der Waals surface area contributed by atoms with Crippen LogP contribution < -0.4 is 9.64 Å². The normalized spacial score (nSPS) is 17.4. The molecule has 1 saturated heterocycles. The molecule has 2 rings (SSSR count). The van der Waals surface area contributed by atoms with Crippen LogP contribution in [0.2, 0.25) is 0 Å². The molecule has 0 unspecified atom stereocenters. The maximum atomic E-state index is 12.6. The summed E-state index contributed by atoms with van der Waals surface area (Å²) < 4.78 is 17.8. The Morgan fingerprint density at radius 1 is 1.20 bits per heavy atom. The number of methoxy groups -OCH3 is 1. The molecule has 0 saturated carbocycles. The van der Waals surface area contributed by atoms with Crippen LogP contribution in [0.15, 0.2) is 36.2 Å². The second kappa shape index (κ2) is 7.29. The molecule has 0 aliphatic carbocycles. The fourth-order valence-corrected chi connectivity index (χ4v) is 2.47. The molecule has 0 spiro atoms. The zero-order chi connectivity index (χ0) is 14.4. The van der Waals surface area contributed by atoms with Crippen molar-refractivity contribution in [2.45, 2.75) is 13.3 Å². The van der Waals surface area contributed by atoms with Gasteiger partial charge in [0.2, 0.25) is 0 Å². The Morgan fingerprint density at radius 3 is 2.40 bits per heavy atom. The van der Waals surface area contributed by atoms with Crippen molar-refractivity contribution in [1.82, 2.24) is 4.90 Å². The molecule has 1 aromatic rings. The van der Waals surface area contributed by atoms with Gasteiger partial charge in [-0.2, -0.15) is 0 Å². The van der Waals surface area contributed by atoms with Crippen molar-refractivity contribution in [2.24, 2.45) is 0 Å². The van der Waals surface area contributed by atoms with Crippen LogP contribution in [-0.2, 0) is 0 Å². The van der Waals surface area contributed by atoms with Gasteiger partial charge in [-0.25, -0.2) is 4.39 Å². The van der Waals surface area contributed by atoms with Crippen molar-refractivity contribution in [3.8, 4) is 5.75 Å². The zero-order valence-corrected chi connectivity index (χ0v) is 12.3. The van der Waals surface area contributed by atoms with Crippen molar-refractivity contribution in [1.29, 1.82) is 0 Å². The van der Waals surface area contributed by atoms with Crippen LogP contribution in [0, 0.1) is 0 Å². The van der Waals surface area contributed by atoms with E-state index in [1.807, 2.05) is 12.1 Å². The number of anilines is 1. The zero-order valence-electron chi connectivity index (χ0n) is 12.3. The van der Waals surface area contributed by atoms with E-state index in [0.717, 1.165) is 44.9 Å². The summed E-state index contributed by atoms with van der Waals surface area (Å²) in [5.41, 5.74) is 1.24. The van der Waals surface area contributed by atoms with Gasteiger partial charge in [0.05, 0.1) is 12.9 Å². The molecule has 20 heavy (non-hydrogen) atoms. The third kappa shape index (κ3) is 4.23. The van der Waals surface area contributed by atoms with E-state index >= 15 is 0 Å². The van der Waals surface area contributed by atoms with E-state index in [1.54, 1.807) is 13.2 Å². The fourth-order valence-electron chi connectivity index (χ4n) is 2.47. The molecular formula is C16H23FN2O. The number of piperazine rings is 1. The van der Waals surface area contributed by atoms with Crippen LogP contribution in [0.4, 0.5) is 10.1 Å². The van der Waals surface area contributed by atoms with Gasteiger partial charge in [0.25, 0.3) is 0 Å². The van der Waals surface area contributed by atoms with E-state index in [9.17, 15) is 4.39 Å². The van der Waals surface area contributed by atoms with E-state index in [0.29, 0.717) is 0 Å². The average Bonchev–Trinajstić information content (AvgIpc) is 2.48. The Balaban J connectivity index is 1.79. The lowest BCUT2D eigenvalue weighted by molar-refractivity contribution is 0.262. The predicted molar refractivity (Wildman–Crippen MR) is 81.1 cm³/mol. The van der Waals surface area contributed by atoms with Gasteiger partial charge in [-0.3, -0.25) is 4.90 Å². The van der Waals surface area contributed by atoms with E-state index in [2.05, 4.69) is 21.9 Å². The molecule has 1 fully saturated rings. The summed E-state index contributed by atoms with van der Waals surface area (Å²) in [5, 5.41) is 0. The van der Waals surface area contributed by atoms with Gasteiger partial charge in [-0.05, 0) is 37.6 Å². The molecule has 0 radical (unpaired) electrons. The molecular weight excluding hydrogens is 255 g/mol. The van der Waals surface area contributed by atoms with Crippen molar-refractivity contribution in [3.63, 3.8) is 0 Å². The summed E-state index contributed by atoms with van der Waals surface area (Å²) in [6.07, 6.45) is 2.46. The van der Waals surface area contributed by atoms with E-state index in [4.69, 9.17) is 4.74 Å². The second-order valence-corrected chi connectivity index (χ2v) is 5.11. The van der Waals surface area contributed by atoms with Gasteiger partial charge >= 0.3 is 0 Å². The van der Waals surface area contributed by atoms with E-state index < -0.39 is 0 Å². The lowest BCUT2D eigenvalue weighted by atomic mass is 10.2. The molecule has 1 heterocycles. The van der Waals surface area contributed by atoms with Crippen molar-refractivity contribution < 1.29 is 9.13 Å². The SMILES string of the molecule is COc1ccc(N2CCN(CC/C=C(/C)F)CC2)cc1. The Bertz CT molecular complexity index is 432. The lowest BCUT2D eigenvalue weighted by Crippen LogP contribution is -2.46. The highest BCUT2D eigenvalue weighted by Crippen LogP contribution is 2.20. The largest absolute Gasteiger partial charge is 0.497 e. The Labute approximate surface area is 120 Å². The molecule has 1 aliphatic rings. The number of hydrogen-bond acceptors (Lipinski definition) is 3. The highest BCUT2D eigenvalue weighted by molar-refractivity contribution is 5.49. The van der Waals surface area contributed by atoms with Gasteiger partial charge in [-0.15, -0.1) is 0 Å². The average molecular weight is 278 g/mol. The summed E-state index contributed by atoms with van der Waals surface area (Å²) >= 11 is 0. The Morgan fingerprint density at radius 2 is 1.85 bits per heavy atom. The van der Waals surface area contributed by atoms with Crippen molar-refractivity contribution in [2.75, 3.05) is 44.7 Å². The fraction of sp³-hybridized carbons (Fsp3) is 0.500. The van der Waals surface area contributed by atoms with Gasteiger partial charge in [0.15, 0.2) is 0 Å². The number of halogens is 1. The lowest BCUT2D eigenvalue weighted by Gasteiger charge is -2.36. The number of allylic oxidation sites excluding steroid dienone is 1. The van der Waals surface area contributed by atoms with Crippen LogP contribution in [0.3, 0.4) is 0 Å². The predicted octanol–water partition coefficient (Wildman–Crippen LogP) is 3.08. The molecule has 4 heteroatoms. The van der Waals surface area contributed by atoms with Crippen LogP contribution in [0.1, 0.15) is 13.3 Å². The number of rotatable bonds is 5. The quantitative estimate of drug-likeness (QED) is 0.823. The standard InChI is InChI=1S/C16H23FN2O/c1-14(17)4-3-9-18-10-12-19(13-11-18)15-5-7-16(20-2)8-6-15/h4-8H,3,9-13H2,1-2H3/b14-4-. The maximum Gasteiger partial charge on any atom is 0.119 e. The van der Waals surface area contributed by atoms with Gasteiger partial charge < -0.3 is 9.64 Å². The van der Waals surface area contributed by atoms with E-state index in [1.165, 1.54) is 12.6 Å². The molecule has 1 aliphatic heterocycles. The summed E-state index contributed by atoms with van der Waals surface area (Å²) in [6.45, 7) is 6.55. The van der Waals surface area contributed by atoms with E-state index in [-0.39, 0.29) is 5.83 Å². The summed E-state index contributed by atoms with van der Waals surface area (Å²) in [4.78, 5) is 4.77. The monoisotopic (exact) mass is 278 g/mol. The van der Waals surface area contributed by atoms with Gasteiger partial charge in [0.1, 0.15) is 5.75 Å². The van der Waals surface area contributed by atoms with Crippen molar-refractivity contribution >= 4 is 5.69 Å². The van der Waals surface area contributed by atoms with Gasteiger partial charge in [-0.1, -0.05) is 6.08 Å². The third-order valence-electron chi connectivity index (χ3n) is 3.68. The first kappa shape index (κ1) is 14.9. The summed E-state index contributed by atoms with van der Waals surface area (Å²) in [6, 6.07) is 8.19. The number of ether oxygens (including phenoxy) is 1. The molecule has 0 amide bonds. The topological polar surface area (TPSA) is 15.7 Å². The highest BCUT2D eigenvalue weighted by Gasteiger charge is 2.16. The first-order valence-electron chi connectivity index (χ1n) is 7.12. The molecule has 0 N–H and O–H groups in total. The Kier molecular flexibility index (Phi) is 5.41. The Hall–Kier alpha value is -1.55. The minimum absolute atomic E-state index is 0.0816. The van der Waals surface area contributed by atoms with Crippen LogP contribution >= 0.6 is 0 Å². The molecule has 0 bridgehead atoms. The minimum Gasteiger partial charge on any atom is -0.497 e. The summed E-state index contributed by atoms with van der Waals surface area (Å²) in [7, 11) is 1.68. The molecule has 0 atom stereocenters. The maximum absolute atomic E-state index is 12.6. The highest BCUT2D eigenvalue weighted by atomic mass is 19.1. The van der Waals surface area contributed by atoms with Crippen molar-refractivity contribution in [3.05, 3.63) is 36.2 Å². The summed E-state index contributed by atoms with van der Waals surface area (Å²) in [5.74, 6) is 0.808. The number of hydrogen-bond donors (Lipinski definition) is 0. The molecule has 0 aromatic heterocycles. The first-order valence-corrected chi connectivity index (χ1v) is 7.12. The minimum atomic E-state index is -0.0816. The number of benzene rings is 1. The van der Waals surface area contributed by atoms with Crippen LogP contribution in [0.25, 0.3) is 0 Å². The van der Waals surface area contributed by atoms with Crippen LogP contribution in [-0.4, -0.2) is 44.7 Å².